The number of benzene rings is 1. The molecular weight excluding hydrogens is 249 g/mol. The number of nitrogens with zero attached hydrogens (tertiary/aromatic N) is 1. The smallest absolute Gasteiger partial charge is 0.185 e. The third kappa shape index (κ3) is 5.03. The number of hydrogen-bond donors (Lipinski definition) is 0. The van der Waals surface area contributed by atoms with Crippen molar-refractivity contribution >= 4 is 16.9 Å². The summed E-state index contributed by atoms with van der Waals surface area (Å²) in [5.41, 5.74) is 0.970. The van der Waals surface area contributed by atoms with Gasteiger partial charge in [-0.05, 0) is 12.1 Å². The summed E-state index contributed by atoms with van der Waals surface area (Å²) in [5, 5.41) is 8.56. The summed E-state index contributed by atoms with van der Waals surface area (Å²) in [6.45, 7) is 1.52. The molecule has 0 aliphatic carbocycles. The highest BCUT2D eigenvalue weighted by molar-refractivity contribution is 8.13. The highest BCUT2D eigenvalue weighted by Crippen LogP contribution is 2.10. The molecule has 0 spiro atoms. The van der Waals surface area contributed by atoms with Gasteiger partial charge in [-0.3, -0.25) is 4.79 Å². The van der Waals surface area contributed by atoms with E-state index in [1.54, 1.807) is 12.1 Å². The predicted octanol–water partition coefficient (Wildman–Crippen LogP) is 2.91. The fourth-order valence-corrected chi connectivity index (χ4v) is 1.76. The van der Waals surface area contributed by atoms with Crippen LogP contribution in [0, 0.1) is 29.0 Å². The van der Waals surface area contributed by atoms with Crippen LogP contribution in [0.5, 0.6) is 0 Å². The molecule has 0 aromatic heterocycles. The van der Waals surface area contributed by atoms with Crippen molar-refractivity contribution in [3.63, 3.8) is 0 Å². The second-order valence-corrected chi connectivity index (χ2v) is 4.80. The first-order chi connectivity index (χ1) is 8.63. The Morgan fingerprint density at radius 2 is 2.28 bits per heavy atom. The predicted molar refractivity (Wildman–Crippen MR) is 70.4 cm³/mol. The second-order valence-electron chi connectivity index (χ2n) is 3.53. The molecule has 0 radical (unpaired) electrons. The molecule has 0 saturated heterocycles. The summed E-state index contributed by atoms with van der Waals surface area (Å²) in [6, 6.07) is 6.51. The lowest BCUT2D eigenvalue weighted by atomic mass is 10.1. The van der Waals surface area contributed by atoms with Gasteiger partial charge in [-0.25, -0.2) is 4.39 Å². The van der Waals surface area contributed by atoms with Gasteiger partial charge in [0.15, 0.2) is 5.12 Å². The highest BCUT2D eigenvalue weighted by atomic mass is 32.2. The van der Waals surface area contributed by atoms with Gasteiger partial charge in [-0.2, -0.15) is 5.26 Å². The van der Waals surface area contributed by atoms with Crippen LogP contribution in [0.25, 0.3) is 0 Å². The third-order valence-electron chi connectivity index (χ3n) is 2.09. The van der Waals surface area contributed by atoms with Crippen molar-refractivity contribution in [2.75, 3.05) is 5.75 Å². The number of hydrogen-bond acceptors (Lipinski definition) is 3. The van der Waals surface area contributed by atoms with Gasteiger partial charge >= 0.3 is 0 Å². The van der Waals surface area contributed by atoms with E-state index in [2.05, 4.69) is 11.8 Å². The minimum Gasteiger partial charge on any atom is -0.288 e. The van der Waals surface area contributed by atoms with Gasteiger partial charge in [-0.15, -0.1) is 0 Å². The molecule has 0 unspecified atom stereocenters. The van der Waals surface area contributed by atoms with Crippen LogP contribution >= 0.6 is 11.8 Å². The lowest BCUT2D eigenvalue weighted by Gasteiger charge is -1.97. The molecule has 1 aromatic carbocycles. The fraction of sp³-hybridized carbons (Fsp3) is 0.286. The quantitative estimate of drug-likeness (QED) is 0.620. The molecule has 0 bridgehead atoms. The van der Waals surface area contributed by atoms with Gasteiger partial charge in [0, 0.05) is 30.2 Å². The van der Waals surface area contributed by atoms with Crippen molar-refractivity contribution in [2.45, 2.75) is 19.8 Å². The summed E-state index contributed by atoms with van der Waals surface area (Å²) in [6.07, 6.45) is 0.653. The van der Waals surface area contributed by atoms with Crippen molar-refractivity contribution in [2.24, 2.45) is 0 Å². The normalized spacial score (nSPS) is 9.17. The molecule has 0 aliphatic heterocycles. The largest absolute Gasteiger partial charge is 0.288 e. The molecule has 0 fully saturated rings. The lowest BCUT2D eigenvalue weighted by molar-refractivity contribution is -0.109. The fourth-order valence-electron chi connectivity index (χ4n) is 1.26. The summed E-state index contributed by atoms with van der Waals surface area (Å²) in [7, 11) is 0. The van der Waals surface area contributed by atoms with Crippen molar-refractivity contribution < 1.29 is 9.18 Å². The number of halogens is 1. The van der Waals surface area contributed by atoms with Crippen LogP contribution in [0.2, 0.25) is 0 Å². The summed E-state index contributed by atoms with van der Waals surface area (Å²) in [4.78, 5) is 10.7. The molecule has 92 valence electrons. The van der Waals surface area contributed by atoms with E-state index in [0.717, 1.165) is 0 Å². The van der Waals surface area contributed by atoms with Gasteiger partial charge in [0.25, 0.3) is 0 Å². The van der Waals surface area contributed by atoms with Crippen LogP contribution < -0.4 is 0 Å². The zero-order valence-corrected chi connectivity index (χ0v) is 10.8. The maximum Gasteiger partial charge on any atom is 0.185 e. The van der Waals surface area contributed by atoms with Crippen LogP contribution in [0.3, 0.4) is 0 Å². The standard InChI is InChI=1S/C14H12FNOS/c1-11(17)18-9-3-2-4-12-5-6-13(7-8-16)14(15)10-12/h5-6,10H,3,7,9H2,1H3. The van der Waals surface area contributed by atoms with Gasteiger partial charge in [0.2, 0.25) is 0 Å². The van der Waals surface area contributed by atoms with E-state index in [0.29, 0.717) is 23.3 Å². The van der Waals surface area contributed by atoms with E-state index in [-0.39, 0.29) is 11.5 Å². The lowest BCUT2D eigenvalue weighted by Crippen LogP contribution is -1.89. The first-order valence-electron chi connectivity index (χ1n) is 5.41. The maximum absolute atomic E-state index is 13.5. The Labute approximate surface area is 110 Å². The molecule has 0 N–H and O–H groups in total. The molecule has 18 heavy (non-hydrogen) atoms. The van der Waals surface area contributed by atoms with E-state index in [4.69, 9.17) is 5.26 Å². The molecule has 2 nitrogen and oxygen atoms in total. The monoisotopic (exact) mass is 261 g/mol. The Morgan fingerprint density at radius 3 is 2.89 bits per heavy atom. The highest BCUT2D eigenvalue weighted by Gasteiger charge is 2.01. The molecule has 4 heteroatoms. The van der Waals surface area contributed by atoms with Gasteiger partial charge in [-0.1, -0.05) is 29.7 Å². The Morgan fingerprint density at radius 1 is 1.50 bits per heavy atom. The number of thioether (sulfide) groups is 1. The van der Waals surface area contributed by atoms with Crippen LogP contribution in [-0.2, 0) is 11.2 Å². The first kappa shape index (κ1) is 14.3. The molecule has 0 heterocycles. The topological polar surface area (TPSA) is 40.9 Å². The second kappa shape index (κ2) is 7.53. The zero-order valence-electron chi connectivity index (χ0n) is 10.00. The average Bonchev–Trinajstić information content (AvgIpc) is 2.32. The SMILES string of the molecule is CC(=O)SCCC#Cc1ccc(CC#N)c(F)c1. The minimum absolute atomic E-state index is 0.0643. The first-order valence-corrected chi connectivity index (χ1v) is 6.39. The summed E-state index contributed by atoms with van der Waals surface area (Å²) in [5.74, 6) is 5.96. The Hall–Kier alpha value is -1.78. The van der Waals surface area contributed by atoms with Gasteiger partial charge in [0.05, 0.1) is 12.5 Å². The minimum atomic E-state index is -0.401. The number of carbonyl (C=O) groups excluding carboxylic acids is 1. The molecule has 0 aliphatic rings. The molecular formula is C14H12FNOS. The van der Waals surface area contributed by atoms with Crippen molar-refractivity contribution in [1.29, 1.82) is 5.26 Å². The number of nitriles is 1. The number of carbonyl (C=O) groups is 1. The summed E-state index contributed by atoms with van der Waals surface area (Å²) >= 11 is 1.23. The van der Waals surface area contributed by atoms with E-state index >= 15 is 0 Å². The third-order valence-corrected chi connectivity index (χ3v) is 2.90. The zero-order chi connectivity index (χ0) is 13.4. The van der Waals surface area contributed by atoms with E-state index < -0.39 is 5.82 Å². The molecule has 0 atom stereocenters. The Kier molecular flexibility index (Phi) is 5.97. The van der Waals surface area contributed by atoms with Crippen LogP contribution in [0.15, 0.2) is 18.2 Å². The van der Waals surface area contributed by atoms with E-state index in [1.165, 1.54) is 24.8 Å². The Bertz CT molecular complexity index is 537. The van der Waals surface area contributed by atoms with Crippen molar-refractivity contribution in [3.05, 3.63) is 35.1 Å². The average molecular weight is 261 g/mol. The van der Waals surface area contributed by atoms with Gasteiger partial charge in [0.1, 0.15) is 5.82 Å². The van der Waals surface area contributed by atoms with Crippen molar-refractivity contribution in [1.82, 2.24) is 0 Å². The molecule has 0 amide bonds. The molecule has 0 saturated carbocycles. The Balaban J connectivity index is 2.58. The van der Waals surface area contributed by atoms with E-state index in [1.807, 2.05) is 6.07 Å². The van der Waals surface area contributed by atoms with Gasteiger partial charge < -0.3 is 0 Å². The molecule has 1 aromatic rings. The van der Waals surface area contributed by atoms with Crippen LogP contribution in [0.1, 0.15) is 24.5 Å². The van der Waals surface area contributed by atoms with E-state index in [9.17, 15) is 9.18 Å². The molecule has 1 rings (SSSR count). The van der Waals surface area contributed by atoms with Crippen molar-refractivity contribution in [3.8, 4) is 17.9 Å². The summed E-state index contributed by atoms with van der Waals surface area (Å²) < 4.78 is 13.5. The maximum atomic E-state index is 13.5. The number of rotatable bonds is 3. The van der Waals surface area contributed by atoms with Crippen LogP contribution in [0.4, 0.5) is 4.39 Å². The van der Waals surface area contributed by atoms with Crippen LogP contribution in [-0.4, -0.2) is 10.9 Å².